The van der Waals surface area contributed by atoms with Crippen molar-refractivity contribution < 1.29 is 4.42 Å². The van der Waals surface area contributed by atoms with Gasteiger partial charge in [-0.05, 0) is 12.8 Å². The number of aromatic nitrogens is 2. The molecule has 1 aromatic rings. The van der Waals surface area contributed by atoms with Crippen LogP contribution in [0.2, 0.25) is 0 Å². The molecule has 54 valence electrons. The highest BCUT2D eigenvalue weighted by molar-refractivity contribution is 5.16. The summed E-state index contributed by atoms with van der Waals surface area (Å²) < 4.78 is 5.07. The Morgan fingerprint density at radius 1 is 1.50 bits per heavy atom. The zero-order valence-electron chi connectivity index (χ0n) is 5.79. The maximum Gasteiger partial charge on any atom is 0.312 e. The van der Waals surface area contributed by atoms with Gasteiger partial charge in [-0.25, -0.2) is 0 Å². The molecule has 4 heteroatoms. The van der Waals surface area contributed by atoms with E-state index in [0.717, 1.165) is 12.8 Å². The van der Waals surface area contributed by atoms with Gasteiger partial charge in [0.05, 0.1) is 0 Å². The van der Waals surface area contributed by atoms with Crippen LogP contribution in [0.4, 0.5) is 6.01 Å². The van der Waals surface area contributed by atoms with E-state index in [0.29, 0.717) is 5.89 Å². The van der Waals surface area contributed by atoms with Crippen LogP contribution in [0.5, 0.6) is 0 Å². The van der Waals surface area contributed by atoms with Gasteiger partial charge in [-0.1, -0.05) is 12.0 Å². The summed E-state index contributed by atoms with van der Waals surface area (Å²) in [5.74, 6) is 0.685. The second-order valence-electron chi connectivity index (χ2n) is 3.01. The van der Waals surface area contributed by atoms with Crippen molar-refractivity contribution in [2.45, 2.75) is 25.2 Å². The van der Waals surface area contributed by atoms with Gasteiger partial charge in [-0.3, -0.25) is 0 Å². The monoisotopic (exact) mass is 139 g/mol. The highest BCUT2D eigenvalue weighted by atomic mass is 16.4. The fourth-order valence-electron chi connectivity index (χ4n) is 0.880. The van der Waals surface area contributed by atoms with Crippen molar-refractivity contribution in [3.63, 3.8) is 0 Å². The molecule has 0 aromatic carbocycles. The molecule has 1 saturated carbocycles. The highest BCUT2D eigenvalue weighted by Crippen LogP contribution is 2.46. The van der Waals surface area contributed by atoms with Crippen molar-refractivity contribution in [3.8, 4) is 0 Å². The molecule has 0 amide bonds. The van der Waals surface area contributed by atoms with Crippen LogP contribution in [-0.2, 0) is 5.41 Å². The average molecular weight is 139 g/mol. The number of nitrogens with two attached hydrogens (primary N) is 1. The Bertz CT molecular complexity index is 251. The number of nitrogens with zero attached hydrogens (tertiary/aromatic N) is 2. The Kier molecular flexibility index (Phi) is 0.859. The Balaban J connectivity index is 2.34. The number of hydrogen-bond donors (Lipinski definition) is 1. The Morgan fingerprint density at radius 2 is 2.20 bits per heavy atom. The van der Waals surface area contributed by atoms with Gasteiger partial charge in [0.15, 0.2) is 0 Å². The smallest absolute Gasteiger partial charge is 0.312 e. The van der Waals surface area contributed by atoms with E-state index in [1.807, 2.05) is 0 Å². The van der Waals surface area contributed by atoms with E-state index in [4.69, 9.17) is 10.2 Å². The van der Waals surface area contributed by atoms with E-state index in [2.05, 4.69) is 17.1 Å². The molecule has 2 rings (SSSR count). The van der Waals surface area contributed by atoms with E-state index in [1.165, 1.54) is 0 Å². The van der Waals surface area contributed by atoms with E-state index in [-0.39, 0.29) is 11.4 Å². The largest absolute Gasteiger partial charge is 0.408 e. The van der Waals surface area contributed by atoms with Gasteiger partial charge < -0.3 is 10.2 Å². The minimum absolute atomic E-state index is 0.143. The van der Waals surface area contributed by atoms with Gasteiger partial charge in [0.25, 0.3) is 0 Å². The van der Waals surface area contributed by atoms with Gasteiger partial charge in [-0.15, -0.1) is 5.10 Å². The topological polar surface area (TPSA) is 64.9 Å². The van der Waals surface area contributed by atoms with Crippen molar-refractivity contribution in [2.24, 2.45) is 0 Å². The van der Waals surface area contributed by atoms with E-state index in [1.54, 1.807) is 0 Å². The summed E-state index contributed by atoms with van der Waals surface area (Å²) in [6, 6.07) is 0.170. The van der Waals surface area contributed by atoms with Gasteiger partial charge in [0.2, 0.25) is 5.89 Å². The summed E-state index contributed by atoms with van der Waals surface area (Å²) in [7, 11) is 0. The first-order chi connectivity index (χ1) is 4.71. The Labute approximate surface area is 58.4 Å². The Morgan fingerprint density at radius 3 is 2.60 bits per heavy atom. The summed E-state index contributed by atoms with van der Waals surface area (Å²) in [4.78, 5) is 0. The van der Waals surface area contributed by atoms with Crippen LogP contribution in [0.1, 0.15) is 25.7 Å². The lowest BCUT2D eigenvalue weighted by molar-refractivity contribution is 0.462. The molecule has 1 heterocycles. The van der Waals surface area contributed by atoms with Crippen LogP contribution in [-0.4, -0.2) is 10.2 Å². The molecule has 1 aromatic heterocycles. The van der Waals surface area contributed by atoms with Crippen molar-refractivity contribution in [3.05, 3.63) is 5.89 Å². The lowest BCUT2D eigenvalue weighted by atomic mass is 10.1. The molecule has 10 heavy (non-hydrogen) atoms. The van der Waals surface area contributed by atoms with Gasteiger partial charge >= 0.3 is 6.01 Å². The summed E-state index contributed by atoms with van der Waals surface area (Å²) >= 11 is 0. The summed E-state index contributed by atoms with van der Waals surface area (Å²) in [5, 5.41) is 7.39. The highest BCUT2D eigenvalue weighted by Gasteiger charge is 2.44. The minimum atomic E-state index is 0.143. The normalized spacial score (nSPS) is 20.9. The number of rotatable bonds is 1. The molecular formula is C6H9N3O. The maximum atomic E-state index is 5.26. The molecule has 0 radical (unpaired) electrons. The first kappa shape index (κ1) is 5.70. The van der Waals surface area contributed by atoms with Gasteiger partial charge in [0.1, 0.15) is 0 Å². The van der Waals surface area contributed by atoms with Crippen LogP contribution in [0.15, 0.2) is 4.42 Å². The molecule has 1 fully saturated rings. The number of anilines is 1. The summed E-state index contributed by atoms with van der Waals surface area (Å²) in [6.45, 7) is 2.10. The second-order valence-corrected chi connectivity index (χ2v) is 3.01. The molecule has 1 aliphatic carbocycles. The standard InChI is InChI=1S/C6H9N3O/c1-6(2-3-6)4-8-9-5(7)10-4/h2-3H2,1H3,(H2,7,9). The minimum Gasteiger partial charge on any atom is -0.408 e. The summed E-state index contributed by atoms with van der Waals surface area (Å²) in [6.07, 6.45) is 2.27. The van der Waals surface area contributed by atoms with Crippen molar-refractivity contribution >= 4 is 6.01 Å². The van der Waals surface area contributed by atoms with Crippen molar-refractivity contribution in [1.29, 1.82) is 0 Å². The number of hydrogen-bond acceptors (Lipinski definition) is 4. The second kappa shape index (κ2) is 1.51. The SMILES string of the molecule is CC1(c2nnc(N)o2)CC1. The van der Waals surface area contributed by atoms with E-state index < -0.39 is 0 Å². The molecule has 4 nitrogen and oxygen atoms in total. The van der Waals surface area contributed by atoms with Crippen molar-refractivity contribution in [2.75, 3.05) is 5.73 Å². The van der Waals surface area contributed by atoms with Gasteiger partial charge in [-0.2, -0.15) is 0 Å². The molecule has 1 aliphatic rings. The third kappa shape index (κ3) is 0.683. The lowest BCUT2D eigenvalue weighted by Gasteiger charge is -1.96. The zero-order valence-corrected chi connectivity index (χ0v) is 5.79. The predicted octanol–water partition coefficient (Wildman–Crippen LogP) is 0.703. The van der Waals surface area contributed by atoms with E-state index >= 15 is 0 Å². The van der Waals surface area contributed by atoms with Crippen molar-refractivity contribution in [1.82, 2.24) is 10.2 Å². The fourth-order valence-corrected chi connectivity index (χ4v) is 0.880. The average Bonchev–Trinajstić information content (AvgIpc) is 2.45. The molecule has 0 bridgehead atoms. The molecule has 0 spiro atoms. The van der Waals surface area contributed by atoms with Crippen LogP contribution in [0.25, 0.3) is 0 Å². The van der Waals surface area contributed by atoms with Crippen LogP contribution < -0.4 is 5.73 Å². The van der Waals surface area contributed by atoms with Crippen LogP contribution in [0, 0.1) is 0 Å². The van der Waals surface area contributed by atoms with Gasteiger partial charge in [0, 0.05) is 5.41 Å². The predicted molar refractivity (Wildman–Crippen MR) is 35.3 cm³/mol. The molecule has 0 unspecified atom stereocenters. The van der Waals surface area contributed by atoms with Crippen LogP contribution >= 0.6 is 0 Å². The lowest BCUT2D eigenvalue weighted by Crippen LogP contribution is -1.99. The number of nitrogen functional groups attached to an aromatic ring is 1. The molecule has 0 aliphatic heterocycles. The maximum absolute atomic E-state index is 5.26. The van der Waals surface area contributed by atoms with E-state index in [9.17, 15) is 0 Å². The fraction of sp³-hybridized carbons (Fsp3) is 0.667. The first-order valence-corrected chi connectivity index (χ1v) is 3.30. The van der Waals surface area contributed by atoms with Crippen LogP contribution in [0.3, 0.4) is 0 Å². The molecule has 2 N–H and O–H groups in total. The first-order valence-electron chi connectivity index (χ1n) is 3.30. The molecular weight excluding hydrogens is 130 g/mol. The zero-order chi connectivity index (χ0) is 7.19. The summed E-state index contributed by atoms with van der Waals surface area (Å²) in [5.41, 5.74) is 5.41. The Hall–Kier alpha value is -1.06. The third-order valence-corrected chi connectivity index (χ3v) is 1.96. The molecule has 0 saturated heterocycles. The third-order valence-electron chi connectivity index (χ3n) is 1.96. The quantitative estimate of drug-likeness (QED) is 0.622. The molecule has 0 atom stereocenters.